The smallest absolute Gasteiger partial charge is 0.258 e. The molecule has 2 atom stereocenters. The first-order chi connectivity index (χ1) is 15.3. The standard InChI is InChI=1S/C23H20ClF3N4O/c1-11-19(15(24)6-7-28-11)23(32)31-13-4-3-5-18(31)21-14(10-13)22(30(2)29-21)12-8-16(25)20(27)17(26)9-12/h6-9,13,18H,3-5,10H2,1-2H3/t13-,18+/m0/s1. The molecule has 1 fully saturated rings. The molecule has 32 heavy (non-hydrogen) atoms. The molecule has 3 aromatic rings. The number of amides is 1. The molecule has 0 radical (unpaired) electrons. The van der Waals surface area contributed by atoms with Gasteiger partial charge in [-0.25, -0.2) is 13.2 Å². The van der Waals surface area contributed by atoms with Crippen molar-refractivity contribution in [1.82, 2.24) is 19.7 Å². The summed E-state index contributed by atoms with van der Waals surface area (Å²) in [5.74, 6) is -4.18. The van der Waals surface area contributed by atoms with Crippen LogP contribution < -0.4 is 0 Å². The maximum absolute atomic E-state index is 13.9. The first kappa shape index (κ1) is 21.0. The summed E-state index contributed by atoms with van der Waals surface area (Å²) < 4.78 is 43.0. The molecular weight excluding hydrogens is 441 g/mol. The van der Waals surface area contributed by atoms with Crippen molar-refractivity contribution in [1.29, 1.82) is 0 Å². The Morgan fingerprint density at radius 1 is 1.19 bits per heavy atom. The SMILES string of the molecule is Cc1nccc(Cl)c1C(=O)N1[C@H]2CCC[C@@H]1c1nn(C)c(-c3cc(F)c(F)c(F)c3)c1C2. The van der Waals surface area contributed by atoms with Gasteiger partial charge in [0.2, 0.25) is 0 Å². The molecule has 4 heterocycles. The van der Waals surface area contributed by atoms with Crippen molar-refractivity contribution in [2.75, 3.05) is 0 Å². The minimum Gasteiger partial charge on any atom is -0.327 e. The second kappa shape index (κ2) is 7.62. The van der Waals surface area contributed by atoms with E-state index in [2.05, 4.69) is 10.1 Å². The fraction of sp³-hybridized carbons (Fsp3) is 0.348. The summed E-state index contributed by atoms with van der Waals surface area (Å²) in [4.78, 5) is 19.6. The van der Waals surface area contributed by atoms with Gasteiger partial charge in [0.05, 0.1) is 33.7 Å². The normalized spacial score (nSPS) is 19.8. The Bertz CT molecular complexity index is 1220. The van der Waals surface area contributed by atoms with E-state index in [1.165, 1.54) is 0 Å². The van der Waals surface area contributed by atoms with Crippen LogP contribution in [0.2, 0.25) is 5.02 Å². The molecule has 0 N–H and O–H groups in total. The predicted octanol–water partition coefficient (Wildman–Crippen LogP) is 5.15. The highest BCUT2D eigenvalue weighted by Gasteiger charge is 2.44. The Morgan fingerprint density at radius 3 is 2.59 bits per heavy atom. The number of rotatable bonds is 2. The van der Waals surface area contributed by atoms with Crippen LogP contribution in [0.1, 0.15) is 52.6 Å². The van der Waals surface area contributed by atoms with Crippen molar-refractivity contribution >= 4 is 17.5 Å². The molecule has 0 unspecified atom stereocenters. The maximum Gasteiger partial charge on any atom is 0.258 e. The molecule has 0 saturated carbocycles. The van der Waals surface area contributed by atoms with Crippen LogP contribution in [0.15, 0.2) is 24.4 Å². The molecule has 5 rings (SSSR count). The van der Waals surface area contributed by atoms with E-state index in [1.807, 2.05) is 4.90 Å². The summed E-state index contributed by atoms with van der Waals surface area (Å²) in [6.45, 7) is 1.75. The third-order valence-corrected chi connectivity index (χ3v) is 6.79. The Kier molecular flexibility index (Phi) is 5.00. The van der Waals surface area contributed by atoms with E-state index in [0.717, 1.165) is 37.0 Å². The van der Waals surface area contributed by atoms with Gasteiger partial charge >= 0.3 is 0 Å². The average Bonchev–Trinajstić information content (AvgIpc) is 3.06. The van der Waals surface area contributed by atoms with Gasteiger partial charge in [-0.2, -0.15) is 5.10 Å². The molecule has 1 saturated heterocycles. The fourth-order valence-electron chi connectivity index (χ4n) is 5.12. The van der Waals surface area contributed by atoms with Crippen molar-refractivity contribution in [3.05, 3.63) is 69.4 Å². The van der Waals surface area contributed by atoms with Crippen LogP contribution in [0.5, 0.6) is 0 Å². The van der Waals surface area contributed by atoms with Crippen LogP contribution in [-0.4, -0.2) is 31.6 Å². The molecule has 166 valence electrons. The highest BCUT2D eigenvalue weighted by Crippen LogP contribution is 2.45. The Hall–Kier alpha value is -2.87. The van der Waals surface area contributed by atoms with Crippen molar-refractivity contribution in [2.45, 2.75) is 44.7 Å². The number of carbonyl (C=O) groups is 1. The second-order valence-corrected chi connectivity index (χ2v) is 8.77. The van der Waals surface area contributed by atoms with Gasteiger partial charge < -0.3 is 4.90 Å². The quantitative estimate of drug-likeness (QED) is 0.497. The molecule has 2 aliphatic rings. The Morgan fingerprint density at radius 2 is 1.91 bits per heavy atom. The van der Waals surface area contributed by atoms with E-state index in [0.29, 0.717) is 34.1 Å². The summed E-state index contributed by atoms with van der Waals surface area (Å²) in [7, 11) is 1.69. The number of piperidine rings is 1. The average molecular weight is 461 g/mol. The molecule has 2 aromatic heterocycles. The van der Waals surface area contributed by atoms with Crippen molar-refractivity contribution in [2.24, 2.45) is 7.05 Å². The lowest BCUT2D eigenvalue weighted by Crippen LogP contribution is -2.50. The van der Waals surface area contributed by atoms with E-state index in [9.17, 15) is 18.0 Å². The highest BCUT2D eigenvalue weighted by molar-refractivity contribution is 6.34. The lowest BCUT2D eigenvalue weighted by molar-refractivity contribution is 0.0391. The summed E-state index contributed by atoms with van der Waals surface area (Å²) in [6.07, 6.45) is 4.49. The van der Waals surface area contributed by atoms with Crippen molar-refractivity contribution in [3.8, 4) is 11.3 Å². The molecule has 1 amide bonds. The number of carbonyl (C=O) groups excluding carboxylic acids is 1. The number of hydrogen-bond acceptors (Lipinski definition) is 3. The molecule has 0 aliphatic carbocycles. The van der Waals surface area contributed by atoms with Crippen LogP contribution >= 0.6 is 11.6 Å². The third-order valence-electron chi connectivity index (χ3n) is 6.47. The van der Waals surface area contributed by atoms with E-state index in [4.69, 9.17) is 11.6 Å². The summed E-state index contributed by atoms with van der Waals surface area (Å²) in [5.41, 5.74) is 3.25. The summed E-state index contributed by atoms with van der Waals surface area (Å²) in [6, 6.07) is 3.19. The number of nitrogens with zero attached hydrogens (tertiary/aromatic N) is 4. The van der Waals surface area contributed by atoms with Gasteiger partial charge in [-0.3, -0.25) is 14.5 Å². The molecular formula is C23H20ClF3N4O. The van der Waals surface area contributed by atoms with E-state index in [-0.39, 0.29) is 23.6 Å². The molecule has 5 nitrogen and oxygen atoms in total. The zero-order chi connectivity index (χ0) is 22.7. The predicted molar refractivity (Wildman–Crippen MR) is 113 cm³/mol. The van der Waals surface area contributed by atoms with Crippen LogP contribution in [0.4, 0.5) is 13.2 Å². The fourth-order valence-corrected chi connectivity index (χ4v) is 5.40. The van der Waals surface area contributed by atoms with Crippen LogP contribution in [-0.2, 0) is 13.5 Å². The number of pyridine rings is 1. The van der Waals surface area contributed by atoms with Gasteiger partial charge in [-0.15, -0.1) is 0 Å². The van der Waals surface area contributed by atoms with E-state index < -0.39 is 17.5 Å². The van der Waals surface area contributed by atoms with Crippen molar-refractivity contribution in [3.63, 3.8) is 0 Å². The molecule has 0 spiro atoms. The zero-order valence-corrected chi connectivity index (χ0v) is 18.3. The highest BCUT2D eigenvalue weighted by atomic mass is 35.5. The number of hydrogen-bond donors (Lipinski definition) is 0. The minimum absolute atomic E-state index is 0.109. The number of fused-ring (bicyclic) bond motifs is 4. The lowest BCUT2D eigenvalue weighted by Gasteiger charge is -2.45. The van der Waals surface area contributed by atoms with Gasteiger partial charge in [0.15, 0.2) is 17.5 Å². The molecule has 1 aromatic carbocycles. The Balaban J connectivity index is 1.62. The number of benzene rings is 1. The number of aryl methyl sites for hydroxylation is 2. The Labute approximate surface area is 187 Å². The molecule has 2 bridgehead atoms. The topological polar surface area (TPSA) is 51.0 Å². The van der Waals surface area contributed by atoms with Gasteiger partial charge in [0, 0.05) is 30.4 Å². The van der Waals surface area contributed by atoms with E-state index >= 15 is 0 Å². The van der Waals surface area contributed by atoms with Crippen molar-refractivity contribution < 1.29 is 18.0 Å². The second-order valence-electron chi connectivity index (χ2n) is 8.36. The summed E-state index contributed by atoms with van der Waals surface area (Å²) in [5, 5.41) is 4.99. The summed E-state index contributed by atoms with van der Waals surface area (Å²) >= 11 is 6.34. The lowest BCUT2D eigenvalue weighted by atomic mass is 9.81. The molecule has 9 heteroatoms. The first-order valence-electron chi connectivity index (χ1n) is 10.4. The first-order valence-corrected chi connectivity index (χ1v) is 10.8. The van der Waals surface area contributed by atoms with Gasteiger partial charge in [0.25, 0.3) is 5.91 Å². The van der Waals surface area contributed by atoms with Gasteiger partial charge in [0.1, 0.15) is 0 Å². The monoisotopic (exact) mass is 460 g/mol. The number of aromatic nitrogens is 3. The van der Waals surface area contributed by atoms with Gasteiger partial charge in [-0.1, -0.05) is 11.6 Å². The van der Waals surface area contributed by atoms with Crippen LogP contribution in [0, 0.1) is 24.4 Å². The maximum atomic E-state index is 13.9. The largest absolute Gasteiger partial charge is 0.327 e. The minimum atomic E-state index is -1.50. The van der Waals surface area contributed by atoms with E-state index in [1.54, 1.807) is 30.9 Å². The van der Waals surface area contributed by atoms with Crippen LogP contribution in [0.3, 0.4) is 0 Å². The van der Waals surface area contributed by atoms with Crippen LogP contribution in [0.25, 0.3) is 11.3 Å². The molecule has 2 aliphatic heterocycles. The van der Waals surface area contributed by atoms with Gasteiger partial charge in [-0.05, 0) is 50.8 Å². The zero-order valence-electron chi connectivity index (χ0n) is 17.5. The number of halogens is 4. The third kappa shape index (κ3) is 3.11.